The zero-order valence-electron chi connectivity index (χ0n) is 7.94. The Morgan fingerprint density at radius 1 is 1.50 bits per heavy atom. The number of aryl methyl sites for hydroxylation is 1. The molecule has 0 saturated carbocycles. The maximum atomic E-state index is 11.4. The maximum Gasteiger partial charge on any atom is 0.346 e. The largest absolute Gasteiger partial charge is 0.353 e. The molecule has 6 heteroatoms. The SMILES string of the molecule is C#CCNc1nn(C)c(=O)n(C)c1=O. The van der Waals surface area contributed by atoms with Crippen LogP contribution in [0.5, 0.6) is 0 Å². The molecule has 0 amide bonds. The number of rotatable bonds is 2. The first-order chi connectivity index (χ1) is 6.57. The third kappa shape index (κ3) is 1.66. The van der Waals surface area contributed by atoms with E-state index in [1.54, 1.807) is 0 Å². The lowest BCUT2D eigenvalue weighted by Crippen LogP contribution is -2.40. The Bertz CT molecular complexity index is 492. The van der Waals surface area contributed by atoms with Crippen LogP contribution in [0.4, 0.5) is 5.82 Å². The van der Waals surface area contributed by atoms with Crippen molar-refractivity contribution in [1.29, 1.82) is 0 Å². The molecule has 14 heavy (non-hydrogen) atoms. The molecule has 0 saturated heterocycles. The van der Waals surface area contributed by atoms with Crippen LogP contribution in [-0.4, -0.2) is 20.9 Å². The van der Waals surface area contributed by atoms with E-state index in [-0.39, 0.29) is 12.4 Å². The van der Waals surface area contributed by atoms with Gasteiger partial charge in [-0.15, -0.1) is 11.5 Å². The highest BCUT2D eigenvalue weighted by Crippen LogP contribution is 1.86. The molecule has 6 nitrogen and oxygen atoms in total. The Balaban J connectivity index is 3.28. The normalized spacial score (nSPS) is 9.50. The molecule has 0 aromatic carbocycles. The Labute approximate surface area is 80.2 Å². The molecule has 0 bridgehead atoms. The van der Waals surface area contributed by atoms with Crippen LogP contribution in [0.15, 0.2) is 9.59 Å². The van der Waals surface area contributed by atoms with Crippen molar-refractivity contribution < 1.29 is 0 Å². The molecule has 0 fully saturated rings. The molecule has 1 rings (SSSR count). The van der Waals surface area contributed by atoms with Gasteiger partial charge in [-0.1, -0.05) is 5.92 Å². The molecule has 0 aliphatic rings. The van der Waals surface area contributed by atoms with Crippen molar-refractivity contribution in [2.24, 2.45) is 14.1 Å². The molecular weight excluding hydrogens is 184 g/mol. The first-order valence-corrected chi connectivity index (χ1v) is 3.89. The summed E-state index contributed by atoms with van der Waals surface area (Å²) in [5.74, 6) is 2.39. The lowest BCUT2D eigenvalue weighted by molar-refractivity contribution is 0.605. The maximum absolute atomic E-state index is 11.4. The van der Waals surface area contributed by atoms with Gasteiger partial charge in [-0.3, -0.25) is 9.36 Å². The quantitative estimate of drug-likeness (QED) is 0.583. The van der Waals surface area contributed by atoms with Crippen molar-refractivity contribution in [3.63, 3.8) is 0 Å². The summed E-state index contributed by atoms with van der Waals surface area (Å²) in [7, 11) is 2.84. The van der Waals surface area contributed by atoms with Crippen LogP contribution < -0.4 is 16.6 Å². The van der Waals surface area contributed by atoms with Crippen molar-refractivity contribution in [3.05, 3.63) is 20.8 Å². The van der Waals surface area contributed by atoms with E-state index in [1.165, 1.54) is 14.1 Å². The fourth-order valence-corrected chi connectivity index (χ4v) is 0.944. The standard InChI is InChI=1S/C8H10N4O2/c1-4-5-9-6-7(13)11(2)8(14)12(3)10-6/h1H,5H2,2-3H3,(H,9,10). The van der Waals surface area contributed by atoms with Gasteiger partial charge in [-0.05, 0) is 0 Å². The van der Waals surface area contributed by atoms with Crippen molar-refractivity contribution >= 4 is 5.82 Å². The van der Waals surface area contributed by atoms with Gasteiger partial charge in [0.25, 0.3) is 5.56 Å². The fourth-order valence-electron chi connectivity index (χ4n) is 0.944. The van der Waals surface area contributed by atoms with Crippen LogP contribution in [0.25, 0.3) is 0 Å². The predicted molar refractivity (Wildman–Crippen MR) is 52.0 cm³/mol. The third-order valence-electron chi connectivity index (χ3n) is 1.68. The van der Waals surface area contributed by atoms with E-state index in [0.29, 0.717) is 0 Å². The molecular formula is C8H10N4O2. The second-order valence-corrected chi connectivity index (χ2v) is 2.68. The summed E-state index contributed by atoms with van der Waals surface area (Å²) in [6.45, 7) is 0.195. The van der Waals surface area contributed by atoms with Crippen LogP contribution in [0, 0.1) is 12.3 Å². The summed E-state index contributed by atoms with van der Waals surface area (Å²) in [5.41, 5.74) is -0.954. The number of nitrogens with one attached hydrogen (secondary N) is 1. The summed E-state index contributed by atoms with van der Waals surface area (Å²) < 4.78 is 2.03. The average molecular weight is 194 g/mol. The van der Waals surface area contributed by atoms with Crippen LogP contribution in [0.1, 0.15) is 0 Å². The Morgan fingerprint density at radius 3 is 2.71 bits per heavy atom. The van der Waals surface area contributed by atoms with Gasteiger partial charge >= 0.3 is 5.69 Å². The summed E-state index contributed by atoms with van der Waals surface area (Å²) in [5, 5.41) is 6.37. The Kier molecular flexibility index (Phi) is 2.72. The molecule has 0 atom stereocenters. The van der Waals surface area contributed by atoms with Gasteiger partial charge < -0.3 is 5.32 Å². The van der Waals surface area contributed by atoms with Gasteiger partial charge in [0, 0.05) is 14.1 Å². The highest BCUT2D eigenvalue weighted by Gasteiger charge is 2.06. The second-order valence-electron chi connectivity index (χ2n) is 2.68. The second kappa shape index (κ2) is 3.79. The fraction of sp³-hybridized carbons (Fsp3) is 0.375. The minimum Gasteiger partial charge on any atom is -0.353 e. The van der Waals surface area contributed by atoms with E-state index in [9.17, 15) is 9.59 Å². The Hall–Kier alpha value is -2.03. The van der Waals surface area contributed by atoms with Crippen LogP contribution in [0.3, 0.4) is 0 Å². The summed E-state index contributed by atoms with van der Waals surface area (Å²) >= 11 is 0. The lowest BCUT2D eigenvalue weighted by atomic mass is 10.6. The summed E-state index contributed by atoms with van der Waals surface area (Å²) in [4.78, 5) is 22.6. The predicted octanol–water partition coefficient (Wildman–Crippen LogP) is -1.48. The first-order valence-electron chi connectivity index (χ1n) is 3.89. The number of aromatic nitrogens is 3. The van der Waals surface area contributed by atoms with Gasteiger partial charge in [-0.2, -0.15) is 0 Å². The minimum absolute atomic E-state index is 0.0764. The Morgan fingerprint density at radius 2 is 2.14 bits per heavy atom. The smallest absolute Gasteiger partial charge is 0.346 e. The van der Waals surface area contributed by atoms with Gasteiger partial charge in [-0.25, -0.2) is 9.48 Å². The van der Waals surface area contributed by atoms with E-state index in [2.05, 4.69) is 16.3 Å². The first kappa shape index (κ1) is 10.1. The molecule has 0 aliphatic carbocycles. The zero-order chi connectivity index (χ0) is 10.7. The topological polar surface area (TPSA) is 68.9 Å². The van der Waals surface area contributed by atoms with Crippen LogP contribution >= 0.6 is 0 Å². The van der Waals surface area contributed by atoms with Crippen molar-refractivity contribution in [3.8, 4) is 12.3 Å². The van der Waals surface area contributed by atoms with E-state index in [4.69, 9.17) is 6.42 Å². The van der Waals surface area contributed by atoms with Crippen molar-refractivity contribution in [2.45, 2.75) is 0 Å². The third-order valence-corrected chi connectivity index (χ3v) is 1.68. The minimum atomic E-state index is -0.483. The van der Waals surface area contributed by atoms with Crippen LogP contribution in [0.2, 0.25) is 0 Å². The molecule has 0 radical (unpaired) electrons. The molecule has 1 heterocycles. The number of terminal acetylenes is 1. The summed E-state index contributed by atoms with van der Waals surface area (Å²) in [6, 6.07) is 0. The average Bonchev–Trinajstić information content (AvgIpc) is 2.18. The van der Waals surface area contributed by atoms with Gasteiger partial charge in [0.1, 0.15) is 0 Å². The summed E-state index contributed by atoms with van der Waals surface area (Å²) in [6.07, 6.45) is 5.01. The number of nitrogens with zero attached hydrogens (tertiary/aromatic N) is 3. The molecule has 0 aliphatic heterocycles. The van der Waals surface area contributed by atoms with Gasteiger partial charge in [0.2, 0.25) is 5.82 Å². The van der Waals surface area contributed by atoms with Gasteiger partial charge in [0.05, 0.1) is 6.54 Å². The number of hydrogen-bond acceptors (Lipinski definition) is 4. The monoisotopic (exact) mass is 194 g/mol. The molecule has 1 N–H and O–H groups in total. The molecule has 74 valence electrons. The van der Waals surface area contributed by atoms with E-state index in [0.717, 1.165) is 9.25 Å². The van der Waals surface area contributed by atoms with Gasteiger partial charge in [0.15, 0.2) is 0 Å². The molecule has 1 aromatic rings. The van der Waals surface area contributed by atoms with Crippen molar-refractivity contribution in [1.82, 2.24) is 14.3 Å². The number of hydrogen-bond donors (Lipinski definition) is 1. The van der Waals surface area contributed by atoms with Crippen LogP contribution in [-0.2, 0) is 14.1 Å². The molecule has 0 unspecified atom stereocenters. The lowest BCUT2D eigenvalue weighted by Gasteiger charge is -2.04. The van der Waals surface area contributed by atoms with E-state index < -0.39 is 11.2 Å². The molecule has 1 aromatic heterocycles. The van der Waals surface area contributed by atoms with Crippen molar-refractivity contribution in [2.75, 3.05) is 11.9 Å². The van der Waals surface area contributed by atoms with E-state index >= 15 is 0 Å². The number of anilines is 1. The van der Waals surface area contributed by atoms with E-state index in [1.807, 2.05) is 0 Å². The highest BCUT2D eigenvalue weighted by atomic mass is 16.2. The molecule has 0 spiro atoms. The highest BCUT2D eigenvalue weighted by molar-refractivity contribution is 5.31. The zero-order valence-corrected chi connectivity index (χ0v) is 7.94.